The Balaban J connectivity index is 1.87. The average molecular weight is 414 g/mol. The molecule has 1 heterocycles. The molecule has 0 bridgehead atoms. The van der Waals surface area contributed by atoms with Gasteiger partial charge in [0.25, 0.3) is 0 Å². The first-order valence-electron chi connectivity index (χ1n) is 9.63. The van der Waals surface area contributed by atoms with Crippen LogP contribution in [0.2, 0.25) is 0 Å². The Kier molecular flexibility index (Phi) is 8.03. The number of thiocarbonyl (C=S) groups is 1. The van der Waals surface area contributed by atoms with Crippen LogP contribution >= 0.6 is 12.2 Å². The van der Waals surface area contributed by atoms with Gasteiger partial charge in [-0.1, -0.05) is 26.0 Å². The first-order chi connectivity index (χ1) is 12.7. The van der Waals surface area contributed by atoms with E-state index in [1.165, 1.54) is 4.90 Å². The molecule has 1 aromatic rings. The summed E-state index contributed by atoms with van der Waals surface area (Å²) < 4.78 is 27.3. The van der Waals surface area contributed by atoms with Crippen molar-refractivity contribution in [3.63, 3.8) is 0 Å². The van der Waals surface area contributed by atoms with Crippen LogP contribution in [-0.4, -0.2) is 76.1 Å². The van der Waals surface area contributed by atoms with Crippen molar-refractivity contribution < 1.29 is 13.3 Å². The second-order valence-electron chi connectivity index (χ2n) is 7.66. The second-order valence-corrected chi connectivity index (χ2v) is 9.98. The van der Waals surface area contributed by atoms with E-state index < -0.39 is 10.0 Å². The Morgan fingerprint density at radius 2 is 1.74 bits per heavy atom. The van der Waals surface area contributed by atoms with Crippen molar-refractivity contribution in [2.24, 2.45) is 0 Å². The highest BCUT2D eigenvalue weighted by molar-refractivity contribution is 7.89. The summed E-state index contributed by atoms with van der Waals surface area (Å²) in [6, 6.07) is 7.25. The molecular formula is C19H33N4O2S2+. The van der Waals surface area contributed by atoms with Crippen molar-refractivity contribution in [3.05, 3.63) is 29.8 Å². The van der Waals surface area contributed by atoms with Crippen LogP contribution in [0.1, 0.15) is 31.7 Å². The Labute approximate surface area is 169 Å². The van der Waals surface area contributed by atoms with Crippen LogP contribution in [0.4, 0.5) is 0 Å². The van der Waals surface area contributed by atoms with Crippen LogP contribution in [0, 0.1) is 0 Å². The maximum atomic E-state index is 12.9. The summed E-state index contributed by atoms with van der Waals surface area (Å²) in [6.07, 6.45) is 1.06. The largest absolute Gasteiger partial charge is 0.362 e. The van der Waals surface area contributed by atoms with Gasteiger partial charge in [-0.05, 0) is 35.8 Å². The predicted octanol–water partition coefficient (Wildman–Crippen LogP) is 0.525. The lowest BCUT2D eigenvalue weighted by atomic mass is 10.0. The molecule has 1 saturated heterocycles. The Morgan fingerprint density at radius 3 is 2.26 bits per heavy atom. The Morgan fingerprint density at radius 1 is 1.15 bits per heavy atom. The number of rotatable bonds is 7. The molecule has 0 radical (unpaired) electrons. The maximum Gasteiger partial charge on any atom is 0.243 e. The SMILES string of the molecule is CC(C)c1ccc(S(=O)(=O)N2CCN(C(=S)NCCC[NH+](C)C)CC2)cc1. The smallest absolute Gasteiger partial charge is 0.243 e. The van der Waals surface area contributed by atoms with Crippen molar-refractivity contribution >= 4 is 27.4 Å². The minimum atomic E-state index is -3.44. The predicted molar refractivity (Wildman–Crippen MR) is 114 cm³/mol. The van der Waals surface area contributed by atoms with Gasteiger partial charge in [0.05, 0.1) is 25.5 Å². The van der Waals surface area contributed by atoms with Crippen molar-refractivity contribution in [1.29, 1.82) is 0 Å². The summed E-state index contributed by atoms with van der Waals surface area (Å²) >= 11 is 5.46. The normalized spacial score (nSPS) is 16.1. The molecule has 0 saturated carbocycles. The zero-order valence-electron chi connectivity index (χ0n) is 16.9. The van der Waals surface area contributed by atoms with Crippen LogP contribution in [-0.2, 0) is 10.0 Å². The van der Waals surface area contributed by atoms with Gasteiger partial charge in [0.2, 0.25) is 10.0 Å². The molecule has 6 nitrogen and oxygen atoms in total. The number of benzene rings is 1. The summed E-state index contributed by atoms with van der Waals surface area (Å²) in [5.41, 5.74) is 1.14. The number of nitrogens with one attached hydrogen (secondary N) is 2. The molecule has 152 valence electrons. The number of quaternary nitrogens is 1. The summed E-state index contributed by atoms with van der Waals surface area (Å²) in [5, 5.41) is 4.01. The van der Waals surface area contributed by atoms with Crippen molar-refractivity contribution in [2.75, 3.05) is 53.4 Å². The zero-order chi connectivity index (χ0) is 20.0. The standard InChI is InChI=1S/C19H32N4O2S2/c1-16(2)17-6-8-18(9-7-17)27(24,25)23-14-12-22(13-15-23)19(26)20-10-5-11-21(3)4/h6-9,16H,5,10-15H2,1-4H3,(H,20,26)/p+1. The van der Waals surface area contributed by atoms with Crippen molar-refractivity contribution in [2.45, 2.75) is 31.1 Å². The Bertz CT molecular complexity index is 710. The fourth-order valence-corrected chi connectivity index (χ4v) is 4.76. The molecule has 1 fully saturated rings. The number of hydrogen-bond acceptors (Lipinski definition) is 3. The van der Waals surface area contributed by atoms with Gasteiger partial charge in [0.15, 0.2) is 5.11 Å². The van der Waals surface area contributed by atoms with E-state index in [-0.39, 0.29) is 0 Å². The minimum absolute atomic E-state index is 0.368. The third-order valence-electron chi connectivity index (χ3n) is 4.84. The molecule has 8 heteroatoms. The zero-order valence-corrected chi connectivity index (χ0v) is 18.5. The van der Waals surface area contributed by atoms with Crippen molar-refractivity contribution in [1.82, 2.24) is 14.5 Å². The van der Waals surface area contributed by atoms with E-state index in [1.54, 1.807) is 16.4 Å². The van der Waals surface area contributed by atoms with Crippen LogP contribution in [0.25, 0.3) is 0 Å². The number of piperazine rings is 1. The van der Waals surface area contributed by atoms with Gasteiger partial charge in [-0.3, -0.25) is 0 Å². The molecule has 1 aliphatic rings. The highest BCUT2D eigenvalue weighted by Gasteiger charge is 2.29. The lowest BCUT2D eigenvalue weighted by Crippen LogP contribution is -3.05. The van der Waals surface area contributed by atoms with Crippen molar-refractivity contribution in [3.8, 4) is 0 Å². The van der Waals surface area contributed by atoms with Crippen LogP contribution < -0.4 is 10.2 Å². The van der Waals surface area contributed by atoms with Gasteiger partial charge in [-0.2, -0.15) is 4.31 Å². The third kappa shape index (κ3) is 6.14. The molecular weight excluding hydrogens is 380 g/mol. The molecule has 27 heavy (non-hydrogen) atoms. The molecule has 2 rings (SSSR count). The van der Waals surface area contributed by atoms with Gasteiger partial charge in [0.1, 0.15) is 0 Å². The molecule has 0 aliphatic carbocycles. The minimum Gasteiger partial charge on any atom is -0.362 e. The monoisotopic (exact) mass is 413 g/mol. The number of sulfonamides is 1. The third-order valence-corrected chi connectivity index (χ3v) is 7.16. The van der Waals surface area contributed by atoms with E-state index in [0.29, 0.717) is 37.0 Å². The first kappa shape index (κ1) is 22.1. The van der Waals surface area contributed by atoms with Gasteiger partial charge < -0.3 is 15.1 Å². The van der Waals surface area contributed by atoms with E-state index in [1.807, 2.05) is 12.1 Å². The topological polar surface area (TPSA) is 57.1 Å². The highest BCUT2D eigenvalue weighted by atomic mass is 32.2. The first-order valence-corrected chi connectivity index (χ1v) is 11.5. The average Bonchev–Trinajstić information content (AvgIpc) is 2.65. The van der Waals surface area contributed by atoms with E-state index in [4.69, 9.17) is 12.2 Å². The van der Waals surface area contributed by atoms with Crippen LogP contribution in [0.15, 0.2) is 29.2 Å². The van der Waals surface area contributed by atoms with E-state index in [0.717, 1.165) is 30.2 Å². The summed E-state index contributed by atoms with van der Waals surface area (Å²) in [5.74, 6) is 0.387. The van der Waals surface area contributed by atoms with Gasteiger partial charge >= 0.3 is 0 Å². The summed E-state index contributed by atoms with van der Waals surface area (Å²) in [7, 11) is 0.823. The summed E-state index contributed by atoms with van der Waals surface area (Å²) in [6.45, 7) is 8.29. The van der Waals surface area contributed by atoms with Gasteiger partial charge in [-0.25, -0.2) is 8.42 Å². The molecule has 2 N–H and O–H groups in total. The fraction of sp³-hybridized carbons (Fsp3) is 0.632. The lowest BCUT2D eigenvalue weighted by molar-refractivity contribution is -0.858. The second kappa shape index (κ2) is 9.82. The molecule has 1 aliphatic heterocycles. The number of hydrogen-bond donors (Lipinski definition) is 2. The van der Waals surface area contributed by atoms with E-state index in [2.05, 4.69) is 38.2 Å². The lowest BCUT2D eigenvalue weighted by Gasteiger charge is -2.35. The molecule has 0 atom stereocenters. The van der Waals surface area contributed by atoms with E-state index in [9.17, 15) is 8.42 Å². The Hall–Kier alpha value is -1.22. The van der Waals surface area contributed by atoms with Crippen LogP contribution in [0.5, 0.6) is 0 Å². The van der Waals surface area contributed by atoms with Crippen LogP contribution in [0.3, 0.4) is 0 Å². The quantitative estimate of drug-likeness (QED) is 0.504. The maximum absolute atomic E-state index is 12.9. The molecule has 0 spiro atoms. The highest BCUT2D eigenvalue weighted by Crippen LogP contribution is 2.21. The molecule has 0 amide bonds. The molecule has 1 aromatic carbocycles. The fourth-order valence-electron chi connectivity index (χ4n) is 3.05. The van der Waals surface area contributed by atoms with Gasteiger partial charge in [-0.15, -0.1) is 0 Å². The van der Waals surface area contributed by atoms with Gasteiger partial charge in [0, 0.05) is 39.1 Å². The summed E-state index contributed by atoms with van der Waals surface area (Å²) in [4.78, 5) is 3.85. The van der Waals surface area contributed by atoms with E-state index >= 15 is 0 Å². The molecule has 0 aromatic heterocycles. The molecule has 0 unspecified atom stereocenters. The number of nitrogens with zero attached hydrogens (tertiary/aromatic N) is 2.